The second-order valence-electron chi connectivity index (χ2n) is 3.34. The van der Waals surface area contributed by atoms with E-state index >= 15 is 0 Å². The van der Waals surface area contributed by atoms with Gasteiger partial charge in [-0.1, -0.05) is 17.7 Å². The topological polar surface area (TPSA) is 67.6 Å². The van der Waals surface area contributed by atoms with Crippen LogP contribution in [0.5, 0.6) is 0 Å². The molecule has 0 amide bonds. The number of aromatic nitrogens is 2. The smallest absolute Gasteiger partial charge is 0.213 e. The largest absolute Gasteiger partial charge is 0.399 e. The zero-order chi connectivity index (χ0) is 11.5. The molecule has 0 fully saturated rings. The highest BCUT2D eigenvalue weighted by Crippen LogP contribution is 2.20. The molecule has 16 heavy (non-hydrogen) atoms. The molecule has 0 atom stereocenters. The third kappa shape index (κ3) is 2.00. The van der Waals surface area contributed by atoms with Crippen molar-refractivity contribution in [1.82, 2.24) is 9.55 Å². The van der Waals surface area contributed by atoms with E-state index in [1.54, 1.807) is 29.1 Å². The van der Waals surface area contributed by atoms with Crippen LogP contribution in [0.2, 0.25) is 5.02 Å². The van der Waals surface area contributed by atoms with Crippen LogP contribution in [-0.4, -0.2) is 9.55 Å². The highest BCUT2D eigenvalue weighted by molar-refractivity contribution is 6.31. The first kappa shape index (κ1) is 10.5. The first-order valence-corrected chi connectivity index (χ1v) is 5.03. The minimum atomic E-state index is 0.368. The fourth-order valence-electron chi connectivity index (χ4n) is 1.43. The number of rotatable bonds is 2. The van der Waals surface area contributed by atoms with Gasteiger partial charge in [-0.2, -0.15) is 5.26 Å². The first-order valence-electron chi connectivity index (χ1n) is 4.66. The van der Waals surface area contributed by atoms with Crippen molar-refractivity contribution < 1.29 is 0 Å². The Morgan fingerprint density at radius 3 is 3.00 bits per heavy atom. The van der Waals surface area contributed by atoms with E-state index < -0.39 is 0 Å². The van der Waals surface area contributed by atoms with Gasteiger partial charge < -0.3 is 10.3 Å². The average Bonchev–Trinajstić information content (AvgIpc) is 2.69. The Hall–Kier alpha value is -1.99. The molecule has 0 spiro atoms. The van der Waals surface area contributed by atoms with Crippen LogP contribution in [0.15, 0.2) is 30.6 Å². The molecule has 4 nitrogen and oxygen atoms in total. The summed E-state index contributed by atoms with van der Waals surface area (Å²) in [6.07, 6.45) is 3.33. The Morgan fingerprint density at radius 2 is 2.31 bits per heavy atom. The molecule has 0 radical (unpaired) electrons. The molecule has 0 saturated heterocycles. The summed E-state index contributed by atoms with van der Waals surface area (Å²) in [6.45, 7) is 0.516. The lowest BCUT2D eigenvalue weighted by Crippen LogP contribution is -2.02. The number of imidazole rings is 1. The van der Waals surface area contributed by atoms with Crippen molar-refractivity contribution in [3.05, 3.63) is 47.0 Å². The third-order valence-corrected chi connectivity index (χ3v) is 2.59. The summed E-state index contributed by atoms with van der Waals surface area (Å²) in [5.74, 6) is 0.368. The van der Waals surface area contributed by atoms with Gasteiger partial charge in [-0.25, -0.2) is 4.98 Å². The predicted octanol–water partition coefficient (Wildman–Crippen LogP) is 2.04. The molecule has 0 aliphatic rings. The Bertz CT molecular complexity index is 553. The van der Waals surface area contributed by atoms with Crippen LogP contribution in [0.1, 0.15) is 11.4 Å². The van der Waals surface area contributed by atoms with Gasteiger partial charge in [-0.3, -0.25) is 0 Å². The molecule has 1 aromatic heterocycles. The van der Waals surface area contributed by atoms with Crippen LogP contribution in [0.25, 0.3) is 0 Å². The van der Waals surface area contributed by atoms with Gasteiger partial charge in [0.25, 0.3) is 0 Å². The number of nitrogens with two attached hydrogens (primary N) is 1. The van der Waals surface area contributed by atoms with Gasteiger partial charge >= 0.3 is 0 Å². The highest BCUT2D eigenvalue weighted by Gasteiger charge is 2.05. The monoisotopic (exact) mass is 232 g/mol. The maximum absolute atomic E-state index is 8.81. The quantitative estimate of drug-likeness (QED) is 0.806. The Labute approximate surface area is 97.9 Å². The predicted molar refractivity (Wildman–Crippen MR) is 61.9 cm³/mol. The maximum Gasteiger partial charge on any atom is 0.213 e. The van der Waals surface area contributed by atoms with Crippen LogP contribution in [0, 0.1) is 11.3 Å². The molecular formula is C11H9ClN4. The summed E-state index contributed by atoms with van der Waals surface area (Å²) in [5, 5.41) is 9.41. The number of halogens is 1. The van der Waals surface area contributed by atoms with Crippen LogP contribution in [0.3, 0.4) is 0 Å². The molecule has 0 saturated carbocycles. The first-order chi connectivity index (χ1) is 7.70. The molecule has 2 aromatic rings. The summed E-state index contributed by atoms with van der Waals surface area (Å²) in [6, 6.07) is 7.33. The number of anilines is 1. The van der Waals surface area contributed by atoms with Crippen molar-refractivity contribution in [2.24, 2.45) is 0 Å². The molecule has 0 unspecified atom stereocenters. The molecule has 1 heterocycles. The van der Waals surface area contributed by atoms with Crippen LogP contribution >= 0.6 is 11.6 Å². The number of hydrogen-bond acceptors (Lipinski definition) is 3. The molecule has 2 rings (SSSR count). The van der Waals surface area contributed by atoms with Crippen molar-refractivity contribution in [2.45, 2.75) is 6.54 Å². The lowest BCUT2D eigenvalue weighted by molar-refractivity contribution is 0.782. The molecule has 80 valence electrons. The lowest BCUT2D eigenvalue weighted by Gasteiger charge is -2.06. The van der Waals surface area contributed by atoms with Crippen LogP contribution in [0.4, 0.5) is 5.69 Å². The van der Waals surface area contributed by atoms with Gasteiger partial charge in [0.1, 0.15) is 6.07 Å². The van der Waals surface area contributed by atoms with Crippen LogP contribution < -0.4 is 5.73 Å². The summed E-state index contributed by atoms with van der Waals surface area (Å²) in [7, 11) is 0. The molecule has 5 heteroatoms. The molecule has 2 N–H and O–H groups in total. The van der Waals surface area contributed by atoms with Crippen molar-refractivity contribution >= 4 is 17.3 Å². The summed E-state index contributed by atoms with van der Waals surface area (Å²) < 4.78 is 1.73. The van der Waals surface area contributed by atoms with E-state index in [9.17, 15) is 0 Å². The maximum atomic E-state index is 8.81. The summed E-state index contributed by atoms with van der Waals surface area (Å²) in [4.78, 5) is 3.91. The number of nitriles is 1. The van der Waals surface area contributed by atoms with E-state index in [1.807, 2.05) is 12.1 Å². The minimum absolute atomic E-state index is 0.368. The highest BCUT2D eigenvalue weighted by atomic mass is 35.5. The second kappa shape index (κ2) is 4.25. The normalized spacial score (nSPS) is 10.0. The number of benzene rings is 1. The van der Waals surface area contributed by atoms with E-state index in [1.165, 1.54) is 0 Å². The summed E-state index contributed by atoms with van der Waals surface area (Å²) >= 11 is 6.05. The van der Waals surface area contributed by atoms with Crippen molar-refractivity contribution in [3.8, 4) is 6.07 Å². The third-order valence-electron chi connectivity index (χ3n) is 2.23. The van der Waals surface area contributed by atoms with Gasteiger partial charge in [0.15, 0.2) is 0 Å². The summed E-state index contributed by atoms with van der Waals surface area (Å²) in [5.41, 5.74) is 7.13. The molecule has 0 bridgehead atoms. The van der Waals surface area contributed by atoms with Gasteiger partial charge in [0.2, 0.25) is 5.82 Å². The standard InChI is InChI=1S/C11H9ClN4/c12-10-5-9(14)2-1-8(10)7-16-4-3-15-11(16)6-13/h1-5H,7,14H2. The zero-order valence-electron chi connectivity index (χ0n) is 8.39. The van der Waals surface area contributed by atoms with Crippen molar-refractivity contribution in [3.63, 3.8) is 0 Å². The van der Waals surface area contributed by atoms with Crippen LogP contribution in [-0.2, 0) is 6.54 Å². The zero-order valence-corrected chi connectivity index (χ0v) is 9.15. The Kier molecular flexibility index (Phi) is 2.80. The fourth-order valence-corrected chi connectivity index (χ4v) is 1.67. The van der Waals surface area contributed by atoms with E-state index in [4.69, 9.17) is 22.6 Å². The van der Waals surface area contributed by atoms with Gasteiger partial charge in [-0.15, -0.1) is 0 Å². The van der Waals surface area contributed by atoms with Gasteiger partial charge in [0, 0.05) is 23.1 Å². The fraction of sp³-hybridized carbons (Fsp3) is 0.0909. The number of nitrogen functional groups attached to an aromatic ring is 1. The molecule has 1 aromatic carbocycles. The minimum Gasteiger partial charge on any atom is -0.399 e. The van der Waals surface area contributed by atoms with Gasteiger partial charge in [0.05, 0.1) is 6.54 Å². The average molecular weight is 233 g/mol. The molecule has 0 aliphatic heterocycles. The Balaban J connectivity index is 2.31. The molecular weight excluding hydrogens is 224 g/mol. The van der Waals surface area contributed by atoms with E-state index in [0.29, 0.717) is 23.1 Å². The lowest BCUT2D eigenvalue weighted by atomic mass is 10.2. The Morgan fingerprint density at radius 1 is 1.50 bits per heavy atom. The molecule has 0 aliphatic carbocycles. The van der Waals surface area contributed by atoms with E-state index in [-0.39, 0.29) is 0 Å². The van der Waals surface area contributed by atoms with Crippen molar-refractivity contribution in [2.75, 3.05) is 5.73 Å². The number of nitrogens with zero attached hydrogens (tertiary/aromatic N) is 3. The van der Waals surface area contributed by atoms with E-state index in [2.05, 4.69) is 4.98 Å². The van der Waals surface area contributed by atoms with Crippen molar-refractivity contribution in [1.29, 1.82) is 5.26 Å². The van der Waals surface area contributed by atoms with Gasteiger partial charge in [-0.05, 0) is 17.7 Å². The number of hydrogen-bond donors (Lipinski definition) is 1. The SMILES string of the molecule is N#Cc1nccn1Cc1ccc(N)cc1Cl. The van der Waals surface area contributed by atoms with E-state index in [0.717, 1.165) is 5.56 Å². The second-order valence-corrected chi connectivity index (χ2v) is 3.75.